The van der Waals surface area contributed by atoms with Crippen molar-refractivity contribution < 1.29 is 14.3 Å². The van der Waals surface area contributed by atoms with Gasteiger partial charge in [-0.2, -0.15) is 0 Å². The van der Waals surface area contributed by atoms with Gasteiger partial charge in [-0.15, -0.1) is 0 Å². The van der Waals surface area contributed by atoms with Gasteiger partial charge < -0.3 is 9.47 Å². The fourth-order valence-electron chi connectivity index (χ4n) is 4.88. The van der Waals surface area contributed by atoms with Gasteiger partial charge in [0.25, 0.3) is 0 Å². The molecule has 4 rings (SSSR count). The molecule has 96 valence electrons. The molecule has 5 atom stereocenters. The van der Waals surface area contributed by atoms with Gasteiger partial charge in [-0.05, 0) is 56.3 Å². The lowest BCUT2D eigenvalue weighted by atomic mass is 9.65. The molecule has 3 nitrogen and oxygen atoms in total. The SMILES string of the molecule is COC(=O)C1CC2C[C@@H]3C[C@H](C2)CC1(OC)C3. The van der Waals surface area contributed by atoms with E-state index >= 15 is 0 Å². The van der Waals surface area contributed by atoms with Crippen molar-refractivity contribution in [1.82, 2.24) is 0 Å². The van der Waals surface area contributed by atoms with Gasteiger partial charge in [-0.3, -0.25) is 4.79 Å². The average molecular weight is 238 g/mol. The number of carbonyl (C=O) groups excluding carboxylic acids is 1. The van der Waals surface area contributed by atoms with Crippen LogP contribution in [0.4, 0.5) is 0 Å². The Kier molecular flexibility index (Phi) is 2.69. The van der Waals surface area contributed by atoms with Crippen LogP contribution in [0.5, 0.6) is 0 Å². The minimum absolute atomic E-state index is 0.0298. The van der Waals surface area contributed by atoms with Crippen LogP contribution in [0.2, 0.25) is 0 Å². The number of hydrogen-bond acceptors (Lipinski definition) is 3. The fourth-order valence-corrected chi connectivity index (χ4v) is 4.88. The molecule has 0 saturated heterocycles. The Hall–Kier alpha value is -0.570. The lowest BCUT2D eigenvalue weighted by Crippen LogP contribution is -2.48. The number of hydrogen-bond donors (Lipinski definition) is 0. The maximum atomic E-state index is 12.0. The summed E-state index contributed by atoms with van der Waals surface area (Å²) in [6, 6.07) is 0. The summed E-state index contributed by atoms with van der Waals surface area (Å²) in [5.74, 6) is 2.20. The summed E-state index contributed by atoms with van der Waals surface area (Å²) in [6.45, 7) is 0. The normalized spacial score (nSPS) is 47.9. The summed E-state index contributed by atoms with van der Waals surface area (Å²) in [5.41, 5.74) is -0.216. The van der Waals surface area contributed by atoms with Gasteiger partial charge in [0.1, 0.15) is 0 Å². The van der Waals surface area contributed by atoms with Crippen molar-refractivity contribution in [2.75, 3.05) is 14.2 Å². The standard InChI is InChI=1S/C14H22O3/c1-16-13(15)12-6-9-3-10-5-11(4-9)8-14(12,7-10)17-2/h9-12H,3-8H2,1-2H3/t9?,10-,11+,12?,14?. The molecular weight excluding hydrogens is 216 g/mol. The average Bonchev–Trinajstić information content (AvgIpc) is 2.50. The van der Waals surface area contributed by atoms with E-state index in [0.29, 0.717) is 0 Å². The van der Waals surface area contributed by atoms with Gasteiger partial charge in [-0.1, -0.05) is 0 Å². The van der Waals surface area contributed by atoms with Gasteiger partial charge in [0, 0.05) is 7.11 Å². The highest BCUT2D eigenvalue weighted by Gasteiger charge is 2.55. The summed E-state index contributed by atoms with van der Waals surface area (Å²) in [6.07, 6.45) is 7.07. The van der Waals surface area contributed by atoms with Crippen molar-refractivity contribution in [2.24, 2.45) is 23.7 Å². The van der Waals surface area contributed by atoms with E-state index in [1.807, 2.05) is 0 Å². The zero-order valence-corrected chi connectivity index (χ0v) is 10.8. The number of ether oxygens (including phenoxy) is 2. The maximum Gasteiger partial charge on any atom is 0.311 e. The highest BCUT2D eigenvalue weighted by Crippen LogP contribution is 2.56. The molecule has 0 radical (unpaired) electrons. The molecule has 0 spiro atoms. The van der Waals surface area contributed by atoms with Gasteiger partial charge in [0.05, 0.1) is 18.6 Å². The Balaban J connectivity index is 1.96. The van der Waals surface area contributed by atoms with Crippen LogP contribution >= 0.6 is 0 Å². The molecule has 0 aliphatic heterocycles. The molecular formula is C14H22O3. The Morgan fingerprint density at radius 1 is 1.00 bits per heavy atom. The molecule has 3 heteroatoms. The lowest BCUT2D eigenvalue weighted by Gasteiger charge is -2.46. The third-order valence-corrected chi connectivity index (χ3v) is 5.36. The van der Waals surface area contributed by atoms with E-state index in [1.54, 1.807) is 7.11 Å². The molecule has 17 heavy (non-hydrogen) atoms. The monoisotopic (exact) mass is 238 g/mol. The molecule has 4 bridgehead atoms. The summed E-state index contributed by atoms with van der Waals surface area (Å²) < 4.78 is 10.9. The Bertz CT molecular complexity index is 311. The molecule has 4 saturated carbocycles. The first kappa shape index (κ1) is 11.5. The van der Waals surface area contributed by atoms with Gasteiger partial charge in [-0.25, -0.2) is 0 Å². The quantitative estimate of drug-likeness (QED) is 0.693. The molecule has 0 N–H and O–H groups in total. The summed E-state index contributed by atoms with van der Waals surface area (Å²) in [4.78, 5) is 12.0. The first-order valence-corrected chi connectivity index (χ1v) is 6.80. The van der Waals surface area contributed by atoms with E-state index in [4.69, 9.17) is 9.47 Å². The van der Waals surface area contributed by atoms with Crippen molar-refractivity contribution >= 4 is 5.97 Å². The largest absolute Gasteiger partial charge is 0.469 e. The minimum atomic E-state index is -0.216. The number of methoxy groups -OCH3 is 2. The van der Waals surface area contributed by atoms with E-state index in [0.717, 1.165) is 37.0 Å². The second-order valence-electron chi connectivity index (χ2n) is 6.29. The Labute approximate surface area is 103 Å². The second kappa shape index (κ2) is 3.98. The highest BCUT2D eigenvalue weighted by molar-refractivity contribution is 5.74. The smallest absolute Gasteiger partial charge is 0.311 e. The maximum absolute atomic E-state index is 12.0. The molecule has 4 aliphatic rings. The van der Waals surface area contributed by atoms with Crippen LogP contribution in [0.15, 0.2) is 0 Å². The molecule has 0 aromatic heterocycles. The van der Waals surface area contributed by atoms with Gasteiger partial charge in [0.15, 0.2) is 0 Å². The topological polar surface area (TPSA) is 35.5 Å². The third kappa shape index (κ3) is 1.70. The third-order valence-electron chi connectivity index (χ3n) is 5.36. The number of fused-ring (bicyclic) bond motifs is 1. The molecule has 3 unspecified atom stereocenters. The van der Waals surface area contributed by atoms with E-state index in [-0.39, 0.29) is 17.5 Å². The zero-order valence-electron chi connectivity index (χ0n) is 10.8. The molecule has 4 aliphatic carbocycles. The van der Waals surface area contributed by atoms with Gasteiger partial charge >= 0.3 is 5.97 Å². The predicted molar refractivity (Wildman–Crippen MR) is 63.4 cm³/mol. The molecule has 0 aromatic carbocycles. The molecule has 0 heterocycles. The summed E-state index contributed by atoms with van der Waals surface area (Å²) in [7, 11) is 3.28. The molecule has 0 aromatic rings. The van der Waals surface area contributed by atoms with Crippen LogP contribution in [-0.4, -0.2) is 25.8 Å². The molecule has 0 amide bonds. The van der Waals surface area contributed by atoms with E-state index in [9.17, 15) is 4.79 Å². The van der Waals surface area contributed by atoms with Crippen LogP contribution in [-0.2, 0) is 14.3 Å². The van der Waals surface area contributed by atoms with E-state index in [2.05, 4.69) is 0 Å². The number of carbonyl (C=O) groups is 1. The minimum Gasteiger partial charge on any atom is -0.469 e. The van der Waals surface area contributed by atoms with Crippen molar-refractivity contribution in [3.05, 3.63) is 0 Å². The van der Waals surface area contributed by atoms with Crippen LogP contribution in [0.3, 0.4) is 0 Å². The van der Waals surface area contributed by atoms with Crippen LogP contribution in [0.25, 0.3) is 0 Å². The van der Waals surface area contributed by atoms with Crippen LogP contribution in [0, 0.1) is 23.7 Å². The fraction of sp³-hybridized carbons (Fsp3) is 0.929. The van der Waals surface area contributed by atoms with Crippen molar-refractivity contribution in [2.45, 2.75) is 44.1 Å². The van der Waals surface area contributed by atoms with Crippen molar-refractivity contribution in [3.8, 4) is 0 Å². The first-order chi connectivity index (χ1) is 8.16. The van der Waals surface area contributed by atoms with E-state index in [1.165, 1.54) is 26.4 Å². The predicted octanol–water partition coefficient (Wildman–Crippen LogP) is 2.39. The van der Waals surface area contributed by atoms with Crippen LogP contribution in [0.1, 0.15) is 38.5 Å². The van der Waals surface area contributed by atoms with Gasteiger partial charge in [0.2, 0.25) is 0 Å². The number of esters is 1. The molecule has 4 fully saturated rings. The summed E-state index contributed by atoms with van der Waals surface area (Å²) >= 11 is 0. The zero-order chi connectivity index (χ0) is 12.0. The van der Waals surface area contributed by atoms with Crippen LogP contribution < -0.4 is 0 Å². The van der Waals surface area contributed by atoms with Crippen molar-refractivity contribution in [3.63, 3.8) is 0 Å². The lowest BCUT2D eigenvalue weighted by molar-refractivity contribution is -0.164. The Morgan fingerprint density at radius 2 is 1.59 bits per heavy atom. The second-order valence-corrected chi connectivity index (χ2v) is 6.29. The Morgan fingerprint density at radius 3 is 2.12 bits per heavy atom. The van der Waals surface area contributed by atoms with Crippen molar-refractivity contribution in [1.29, 1.82) is 0 Å². The highest BCUT2D eigenvalue weighted by atomic mass is 16.5. The number of rotatable bonds is 2. The first-order valence-electron chi connectivity index (χ1n) is 6.80. The summed E-state index contributed by atoms with van der Waals surface area (Å²) in [5, 5.41) is 0. The van der Waals surface area contributed by atoms with E-state index < -0.39 is 0 Å².